The molecule has 14 heteroatoms. The van der Waals surface area contributed by atoms with Crippen molar-refractivity contribution < 1.29 is 30.7 Å². The minimum atomic E-state index is -4.99. The third-order valence-corrected chi connectivity index (χ3v) is 5.20. The van der Waals surface area contributed by atoms with Crippen molar-refractivity contribution in [3.63, 3.8) is 0 Å². The van der Waals surface area contributed by atoms with E-state index >= 15 is 0 Å². The van der Waals surface area contributed by atoms with E-state index in [9.17, 15) is 30.7 Å². The van der Waals surface area contributed by atoms with Crippen LogP contribution < -0.4 is 5.73 Å². The predicted molar refractivity (Wildman–Crippen MR) is 109 cm³/mol. The third-order valence-electron chi connectivity index (χ3n) is 5.20. The topological polar surface area (TPSA) is 86.9 Å². The molecule has 2 N–H and O–H groups in total. The molecule has 0 aliphatic rings. The molecular formula is C21H12F7N7. The van der Waals surface area contributed by atoms with Crippen molar-refractivity contribution in [2.24, 2.45) is 0 Å². The van der Waals surface area contributed by atoms with Crippen LogP contribution in [-0.4, -0.2) is 29.4 Å². The van der Waals surface area contributed by atoms with Crippen molar-refractivity contribution in [2.45, 2.75) is 18.9 Å². The van der Waals surface area contributed by atoms with Crippen LogP contribution in [0.15, 0.2) is 48.8 Å². The molecule has 0 saturated heterocycles. The van der Waals surface area contributed by atoms with Crippen molar-refractivity contribution in [3.8, 4) is 11.3 Å². The van der Waals surface area contributed by atoms with Gasteiger partial charge in [-0.05, 0) is 30.3 Å². The van der Waals surface area contributed by atoms with Crippen molar-refractivity contribution >= 4 is 22.5 Å². The van der Waals surface area contributed by atoms with Crippen LogP contribution in [0.2, 0.25) is 0 Å². The lowest BCUT2D eigenvalue weighted by atomic mass is 10.0. The molecular weight excluding hydrogens is 483 g/mol. The molecule has 0 radical (unpaired) electrons. The molecule has 7 nitrogen and oxygen atoms in total. The molecule has 0 atom stereocenters. The molecule has 0 aliphatic carbocycles. The van der Waals surface area contributed by atoms with Crippen LogP contribution in [0.1, 0.15) is 16.8 Å². The summed E-state index contributed by atoms with van der Waals surface area (Å²) < 4.78 is 95.7. The number of fused-ring (bicyclic) bond motifs is 3. The number of rotatable bonds is 3. The zero-order chi connectivity index (χ0) is 25.1. The summed E-state index contributed by atoms with van der Waals surface area (Å²) in [6.45, 7) is -0.0456. The lowest BCUT2D eigenvalue weighted by molar-refractivity contribution is -0.143. The Morgan fingerprint density at radius 1 is 0.886 bits per heavy atom. The molecule has 0 unspecified atom stereocenters. The second-order valence-corrected chi connectivity index (χ2v) is 7.63. The highest BCUT2D eigenvalue weighted by molar-refractivity contribution is 5.92. The molecule has 5 aromatic rings. The van der Waals surface area contributed by atoms with Crippen LogP contribution in [0.25, 0.3) is 27.8 Å². The number of nitrogens with two attached hydrogens (primary N) is 1. The van der Waals surface area contributed by atoms with Crippen molar-refractivity contribution in [3.05, 3.63) is 71.4 Å². The number of para-hydroxylation sites is 1. The summed E-state index contributed by atoms with van der Waals surface area (Å²) in [5, 5.41) is 7.90. The summed E-state index contributed by atoms with van der Waals surface area (Å²) in [6.07, 6.45) is -7.27. The van der Waals surface area contributed by atoms with Gasteiger partial charge in [0.15, 0.2) is 0 Å². The number of anilines is 1. The molecule has 3 heterocycles. The highest BCUT2D eigenvalue weighted by atomic mass is 19.4. The second kappa shape index (κ2) is 7.65. The number of hydrogen-bond donors (Lipinski definition) is 1. The van der Waals surface area contributed by atoms with Crippen molar-refractivity contribution in [1.82, 2.24) is 29.4 Å². The molecule has 0 saturated carbocycles. The van der Waals surface area contributed by atoms with Crippen LogP contribution in [-0.2, 0) is 18.9 Å². The molecule has 2 aromatic carbocycles. The smallest absolute Gasteiger partial charge is 0.369 e. The van der Waals surface area contributed by atoms with Crippen LogP contribution in [0.3, 0.4) is 0 Å². The van der Waals surface area contributed by atoms with E-state index in [1.165, 1.54) is 33.6 Å². The van der Waals surface area contributed by atoms with E-state index in [1.807, 2.05) is 0 Å². The number of imidazole rings is 1. The molecule has 5 rings (SSSR count). The summed E-state index contributed by atoms with van der Waals surface area (Å²) in [7, 11) is 0. The highest BCUT2D eigenvalue weighted by Gasteiger charge is 2.37. The van der Waals surface area contributed by atoms with E-state index in [2.05, 4.69) is 20.3 Å². The van der Waals surface area contributed by atoms with Gasteiger partial charge in [-0.15, -0.1) is 5.10 Å². The van der Waals surface area contributed by atoms with E-state index in [1.54, 1.807) is 6.07 Å². The van der Waals surface area contributed by atoms with Crippen molar-refractivity contribution in [1.29, 1.82) is 0 Å². The van der Waals surface area contributed by atoms with Gasteiger partial charge in [-0.1, -0.05) is 11.3 Å². The fourth-order valence-corrected chi connectivity index (χ4v) is 3.62. The Morgan fingerprint density at radius 3 is 2.23 bits per heavy atom. The van der Waals surface area contributed by atoms with E-state index in [-0.39, 0.29) is 29.8 Å². The standard InChI is InChI=1S/C21H12F7N7/c22-15-3-1-2-14-17(15)31-19(29)35-8-13(30-18(14)35)7-34-9-16(32-33-34)10-4-11(20(23,24)25)6-12(5-10)21(26,27)28/h1-6,8-9H,7H2,(H2,29,31). The van der Waals surface area contributed by atoms with Gasteiger partial charge in [0.2, 0.25) is 5.95 Å². The fourth-order valence-electron chi connectivity index (χ4n) is 3.62. The first kappa shape index (κ1) is 22.6. The zero-order valence-electron chi connectivity index (χ0n) is 17.2. The Morgan fingerprint density at radius 2 is 1.57 bits per heavy atom. The summed E-state index contributed by atoms with van der Waals surface area (Å²) in [5.41, 5.74) is 3.10. The van der Waals surface area contributed by atoms with Crippen LogP contribution in [0.4, 0.5) is 36.7 Å². The summed E-state index contributed by atoms with van der Waals surface area (Å²) in [6, 6.07) is 5.50. The fraction of sp³-hybridized carbons (Fsp3) is 0.143. The highest BCUT2D eigenvalue weighted by Crippen LogP contribution is 2.38. The van der Waals surface area contributed by atoms with Gasteiger partial charge in [0, 0.05) is 17.1 Å². The summed E-state index contributed by atoms with van der Waals surface area (Å²) in [4.78, 5) is 8.43. The number of nitrogen functional groups attached to an aromatic ring is 1. The maximum Gasteiger partial charge on any atom is 0.416 e. The minimum absolute atomic E-state index is 0.0284. The molecule has 0 spiro atoms. The van der Waals surface area contributed by atoms with Gasteiger partial charge in [0.25, 0.3) is 0 Å². The van der Waals surface area contributed by atoms with E-state index in [0.29, 0.717) is 28.9 Å². The SMILES string of the molecule is Nc1nc2c(F)cccc2c2nc(Cn3cc(-c4cc(C(F)(F)F)cc(C(F)(F)F)c4)nn3)cn12. The lowest BCUT2D eigenvalue weighted by Gasteiger charge is -2.13. The van der Waals surface area contributed by atoms with Gasteiger partial charge in [-0.25, -0.2) is 19.0 Å². The van der Waals surface area contributed by atoms with Crippen LogP contribution in [0.5, 0.6) is 0 Å². The Balaban J connectivity index is 1.52. The quantitative estimate of drug-likeness (QED) is 0.358. The molecule has 0 aliphatic heterocycles. The average Bonchev–Trinajstić information content (AvgIpc) is 3.41. The summed E-state index contributed by atoms with van der Waals surface area (Å²) in [5.74, 6) is -0.610. The maximum atomic E-state index is 14.1. The lowest BCUT2D eigenvalue weighted by Crippen LogP contribution is -2.11. The molecule has 3 aromatic heterocycles. The third kappa shape index (κ3) is 4.11. The summed E-state index contributed by atoms with van der Waals surface area (Å²) >= 11 is 0. The molecule has 0 bridgehead atoms. The van der Waals surface area contributed by atoms with Crippen molar-refractivity contribution in [2.75, 3.05) is 5.73 Å². The van der Waals surface area contributed by atoms with Gasteiger partial charge >= 0.3 is 12.4 Å². The normalized spacial score (nSPS) is 12.7. The Kier molecular flexibility index (Phi) is 4.93. The van der Waals surface area contributed by atoms with Gasteiger partial charge in [0.1, 0.15) is 22.7 Å². The van der Waals surface area contributed by atoms with Crippen LogP contribution >= 0.6 is 0 Å². The number of halogens is 7. The monoisotopic (exact) mass is 495 g/mol. The molecule has 0 fully saturated rings. The Hall–Kier alpha value is -4.23. The Labute approximate surface area is 190 Å². The zero-order valence-corrected chi connectivity index (χ0v) is 17.2. The first-order chi connectivity index (χ1) is 16.4. The van der Waals surface area contributed by atoms with E-state index in [4.69, 9.17) is 5.73 Å². The number of nitrogens with zero attached hydrogens (tertiary/aromatic N) is 6. The van der Waals surface area contributed by atoms with Gasteiger partial charge in [0.05, 0.1) is 29.6 Å². The van der Waals surface area contributed by atoms with Crippen LogP contribution in [0, 0.1) is 5.82 Å². The number of hydrogen-bond acceptors (Lipinski definition) is 5. The van der Waals surface area contributed by atoms with Gasteiger partial charge in [-0.2, -0.15) is 26.3 Å². The van der Waals surface area contributed by atoms with E-state index in [0.717, 1.165) is 0 Å². The minimum Gasteiger partial charge on any atom is -0.369 e. The number of benzene rings is 2. The van der Waals surface area contributed by atoms with Gasteiger partial charge < -0.3 is 5.73 Å². The van der Waals surface area contributed by atoms with Gasteiger partial charge in [-0.3, -0.25) is 4.40 Å². The first-order valence-corrected chi connectivity index (χ1v) is 9.82. The Bertz CT molecular complexity index is 1550. The largest absolute Gasteiger partial charge is 0.416 e. The second-order valence-electron chi connectivity index (χ2n) is 7.63. The number of alkyl halides is 6. The first-order valence-electron chi connectivity index (χ1n) is 9.82. The molecule has 35 heavy (non-hydrogen) atoms. The average molecular weight is 495 g/mol. The number of aromatic nitrogens is 6. The predicted octanol–water partition coefficient (Wildman–Crippen LogP) is 4.95. The van der Waals surface area contributed by atoms with E-state index < -0.39 is 34.9 Å². The maximum absolute atomic E-state index is 14.1. The molecule has 180 valence electrons. The molecule has 0 amide bonds.